The summed E-state index contributed by atoms with van der Waals surface area (Å²) in [7, 11) is 0. The maximum atomic E-state index is 8.66. The van der Waals surface area contributed by atoms with Crippen molar-refractivity contribution in [1.82, 2.24) is 9.88 Å². The van der Waals surface area contributed by atoms with Gasteiger partial charge in [-0.15, -0.1) is 11.3 Å². The van der Waals surface area contributed by atoms with Crippen LogP contribution in [-0.4, -0.2) is 41.9 Å². The topological polar surface area (TPSA) is 97.3 Å². The van der Waals surface area contributed by atoms with Crippen molar-refractivity contribution in [1.29, 1.82) is 10.5 Å². The minimum atomic E-state index is -0.211. The van der Waals surface area contributed by atoms with Crippen LogP contribution in [0.5, 0.6) is 0 Å². The van der Waals surface area contributed by atoms with E-state index in [0.29, 0.717) is 5.69 Å². The molecule has 1 aliphatic heterocycles. The maximum Gasteiger partial charge on any atom is 0.237 e. The molecule has 0 aliphatic carbocycles. The van der Waals surface area contributed by atoms with Gasteiger partial charge in [0.05, 0.1) is 24.6 Å². The summed E-state index contributed by atoms with van der Waals surface area (Å²) in [5, 5.41) is 24.1. The number of nitriles is 2. The third kappa shape index (κ3) is 4.61. The fourth-order valence-electron chi connectivity index (χ4n) is 2.38. The van der Waals surface area contributed by atoms with E-state index in [1.807, 2.05) is 24.3 Å². The highest BCUT2D eigenvalue weighted by Crippen LogP contribution is 2.25. The van der Waals surface area contributed by atoms with E-state index in [9.17, 15) is 0 Å². The van der Waals surface area contributed by atoms with Crippen LogP contribution in [0.2, 0.25) is 0 Å². The third-order valence-electron chi connectivity index (χ3n) is 3.68. The number of morpholine rings is 1. The van der Waals surface area contributed by atoms with E-state index in [0.717, 1.165) is 49.1 Å². The minimum Gasteiger partial charge on any atom is -0.379 e. The molecule has 0 unspecified atom stereocenters. The average Bonchev–Trinajstić information content (AvgIpc) is 3.12. The largest absolute Gasteiger partial charge is 0.379 e. The Bertz CT molecular complexity index is 808. The van der Waals surface area contributed by atoms with E-state index in [4.69, 9.17) is 20.2 Å². The normalized spacial score (nSPS) is 14.3. The van der Waals surface area contributed by atoms with Crippen molar-refractivity contribution in [3.8, 4) is 22.7 Å². The zero-order valence-electron chi connectivity index (χ0n) is 13.5. The number of hydrazone groups is 1. The summed E-state index contributed by atoms with van der Waals surface area (Å²) in [4.78, 5) is 7.05. The molecule has 0 amide bonds. The van der Waals surface area contributed by atoms with Gasteiger partial charge in [-0.1, -0.05) is 0 Å². The number of benzene rings is 1. The smallest absolute Gasteiger partial charge is 0.237 e. The van der Waals surface area contributed by atoms with Crippen LogP contribution in [0.1, 0.15) is 5.69 Å². The number of rotatable bonds is 5. The van der Waals surface area contributed by atoms with Crippen LogP contribution in [0.4, 0.5) is 5.69 Å². The Morgan fingerprint density at radius 2 is 1.96 bits per heavy atom. The van der Waals surface area contributed by atoms with Crippen molar-refractivity contribution in [2.75, 3.05) is 31.7 Å². The quantitative estimate of drug-likeness (QED) is 0.656. The van der Waals surface area contributed by atoms with Crippen molar-refractivity contribution in [2.45, 2.75) is 6.54 Å². The monoisotopic (exact) mass is 352 g/mol. The molecule has 1 aliphatic rings. The van der Waals surface area contributed by atoms with Gasteiger partial charge in [-0.2, -0.15) is 15.6 Å². The highest BCUT2D eigenvalue weighted by Gasteiger charge is 2.13. The van der Waals surface area contributed by atoms with Crippen LogP contribution in [0, 0.1) is 22.7 Å². The molecule has 1 fully saturated rings. The van der Waals surface area contributed by atoms with Gasteiger partial charge in [-0.3, -0.25) is 10.3 Å². The van der Waals surface area contributed by atoms with E-state index in [1.54, 1.807) is 23.5 Å². The number of thiazole rings is 1. The Morgan fingerprint density at radius 3 is 2.64 bits per heavy atom. The van der Waals surface area contributed by atoms with E-state index in [-0.39, 0.29) is 5.71 Å². The standard InChI is InChI=1S/C17H16N6OS/c18-9-15(10-19)22-21-14-3-1-13(2-4-14)17-20-16(12-25-17)11-23-5-7-24-8-6-23/h1-4,12,21H,5-8,11H2. The average molecular weight is 352 g/mol. The van der Waals surface area contributed by atoms with Crippen LogP contribution >= 0.6 is 11.3 Å². The number of ether oxygens (including phenoxy) is 1. The van der Waals surface area contributed by atoms with E-state index < -0.39 is 0 Å². The number of hydrogen-bond acceptors (Lipinski definition) is 8. The molecular weight excluding hydrogens is 336 g/mol. The van der Waals surface area contributed by atoms with Crippen LogP contribution < -0.4 is 5.43 Å². The number of aromatic nitrogens is 1. The summed E-state index contributed by atoms with van der Waals surface area (Å²) in [5.41, 5.74) is 5.28. The summed E-state index contributed by atoms with van der Waals surface area (Å²) in [6.45, 7) is 4.31. The van der Waals surface area contributed by atoms with Gasteiger partial charge in [0.2, 0.25) is 5.71 Å². The van der Waals surface area contributed by atoms with Crippen LogP contribution in [0.3, 0.4) is 0 Å². The van der Waals surface area contributed by atoms with Crippen molar-refractivity contribution >= 4 is 22.7 Å². The van der Waals surface area contributed by atoms with Gasteiger partial charge >= 0.3 is 0 Å². The molecule has 1 N–H and O–H groups in total. The lowest BCUT2D eigenvalue weighted by molar-refractivity contribution is 0.0337. The number of anilines is 1. The first kappa shape index (κ1) is 17.1. The predicted octanol–water partition coefficient (Wildman–Crippen LogP) is 2.46. The lowest BCUT2D eigenvalue weighted by Crippen LogP contribution is -2.35. The molecule has 1 aromatic heterocycles. The molecule has 0 radical (unpaired) electrons. The molecule has 25 heavy (non-hydrogen) atoms. The molecule has 0 spiro atoms. The molecule has 2 aromatic rings. The molecule has 1 saturated heterocycles. The van der Waals surface area contributed by atoms with E-state index in [2.05, 4.69) is 20.8 Å². The highest BCUT2D eigenvalue weighted by molar-refractivity contribution is 7.13. The summed E-state index contributed by atoms with van der Waals surface area (Å²) in [6.07, 6.45) is 0. The fraction of sp³-hybridized carbons (Fsp3) is 0.294. The third-order valence-corrected chi connectivity index (χ3v) is 4.62. The van der Waals surface area contributed by atoms with Gasteiger partial charge in [0.15, 0.2) is 0 Å². The van der Waals surface area contributed by atoms with Crippen molar-refractivity contribution in [3.63, 3.8) is 0 Å². The summed E-state index contributed by atoms with van der Waals surface area (Å²) in [6, 6.07) is 11.0. The Kier molecular flexibility index (Phi) is 5.70. The first-order chi connectivity index (χ1) is 12.3. The number of nitrogens with one attached hydrogen (secondary N) is 1. The lowest BCUT2D eigenvalue weighted by Gasteiger charge is -2.25. The molecule has 126 valence electrons. The molecule has 0 bridgehead atoms. The number of hydrogen-bond donors (Lipinski definition) is 1. The Hall–Kier alpha value is -2.78. The summed E-state index contributed by atoms with van der Waals surface area (Å²) >= 11 is 1.62. The van der Waals surface area contributed by atoms with Crippen molar-refractivity contribution in [3.05, 3.63) is 35.3 Å². The molecule has 2 heterocycles. The molecule has 8 heteroatoms. The van der Waals surface area contributed by atoms with Crippen molar-refractivity contribution in [2.24, 2.45) is 5.10 Å². The molecule has 0 saturated carbocycles. The van der Waals surface area contributed by atoms with Gasteiger partial charge in [0, 0.05) is 30.6 Å². The number of nitrogens with zero attached hydrogens (tertiary/aromatic N) is 5. The Labute approximate surface area is 149 Å². The Balaban J connectivity index is 1.63. The molecule has 3 rings (SSSR count). The van der Waals surface area contributed by atoms with Crippen molar-refractivity contribution < 1.29 is 4.74 Å². The summed E-state index contributed by atoms with van der Waals surface area (Å²) < 4.78 is 5.36. The molecular formula is C17H16N6OS. The van der Waals surface area contributed by atoms with Gasteiger partial charge in [-0.05, 0) is 24.3 Å². The maximum absolute atomic E-state index is 8.66. The van der Waals surface area contributed by atoms with Crippen LogP contribution in [-0.2, 0) is 11.3 Å². The Morgan fingerprint density at radius 1 is 1.24 bits per heavy atom. The first-order valence-corrected chi connectivity index (χ1v) is 8.65. The zero-order valence-corrected chi connectivity index (χ0v) is 14.3. The van der Waals surface area contributed by atoms with E-state index >= 15 is 0 Å². The van der Waals surface area contributed by atoms with E-state index in [1.165, 1.54) is 0 Å². The van der Waals surface area contributed by atoms with Gasteiger partial charge in [0.1, 0.15) is 17.1 Å². The van der Waals surface area contributed by atoms with Gasteiger partial charge < -0.3 is 4.74 Å². The fourth-order valence-corrected chi connectivity index (χ4v) is 3.20. The second-order valence-electron chi connectivity index (χ2n) is 5.41. The lowest BCUT2D eigenvalue weighted by atomic mass is 10.2. The zero-order chi connectivity index (χ0) is 17.5. The second-order valence-corrected chi connectivity index (χ2v) is 6.26. The second kappa shape index (κ2) is 8.36. The molecule has 0 atom stereocenters. The van der Waals surface area contributed by atoms with Crippen LogP contribution in [0.15, 0.2) is 34.7 Å². The summed E-state index contributed by atoms with van der Waals surface area (Å²) in [5.74, 6) is 0. The van der Waals surface area contributed by atoms with Gasteiger partial charge in [-0.25, -0.2) is 4.98 Å². The predicted molar refractivity (Wildman–Crippen MR) is 95.9 cm³/mol. The molecule has 1 aromatic carbocycles. The SMILES string of the molecule is N#CC(C#N)=NNc1ccc(-c2nc(CN3CCOCC3)cs2)cc1. The minimum absolute atomic E-state index is 0.211. The van der Waals surface area contributed by atoms with Gasteiger partial charge in [0.25, 0.3) is 0 Å². The van der Waals surface area contributed by atoms with Crippen LogP contribution in [0.25, 0.3) is 10.6 Å². The highest BCUT2D eigenvalue weighted by atomic mass is 32.1. The first-order valence-electron chi connectivity index (χ1n) is 7.77. The molecule has 7 nitrogen and oxygen atoms in total.